The fourth-order valence-electron chi connectivity index (χ4n) is 2.23. The van der Waals surface area contributed by atoms with Crippen LogP contribution in [0.1, 0.15) is 24.9 Å². The number of nitrogens with one attached hydrogen (secondary N) is 1. The normalized spacial score (nSPS) is 23.1. The molecule has 19 heavy (non-hydrogen) atoms. The maximum absolute atomic E-state index is 12.5. The zero-order valence-corrected chi connectivity index (χ0v) is 11.0. The van der Waals surface area contributed by atoms with E-state index in [1.165, 1.54) is 0 Å². The first-order chi connectivity index (χ1) is 9.15. The number of nitrogens with zero attached hydrogens (tertiary/aromatic N) is 1. The van der Waals surface area contributed by atoms with Crippen LogP contribution in [0.25, 0.3) is 0 Å². The van der Waals surface area contributed by atoms with E-state index in [0.717, 1.165) is 5.56 Å². The van der Waals surface area contributed by atoms with Crippen molar-refractivity contribution in [1.82, 2.24) is 10.2 Å². The van der Waals surface area contributed by atoms with Gasteiger partial charge in [0, 0.05) is 6.54 Å². The van der Waals surface area contributed by atoms with Crippen molar-refractivity contribution in [2.24, 2.45) is 0 Å². The van der Waals surface area contributed by atoms with E-state index < -0.39 is 12.1 Å². The third-order valence-corrected chi connectivity index (χ3v) is 3.37. The first-order valence-electron chi connectivity index (χ1n) is 6.42. The minimum Gasteiger partial charge on any atom is -0.339 e. The van der Waals surface area contributed by atoms with Gasteiger partial charge in [-0.2, -0.15) is 0 Å². The average Bonchev–Trinajstić information content (AvgIpc) is 2.44. The Morgan fingerprint density at radius 1 is 1.32 bits per heavy atom. The van der Waals surface area contributed by atoms with Crippen molar-refractivity contribution in [2.75, 3.05) is 6.54 Å². The maximum Gasteiger partial charge on any atom is 0.250 e. The van der Waals surface area contributed by atoms with Crippen LogP contribution < -0.4 is 5.32 Å². The fourth-order valence-corrected chi connectivity index (χ4v) is 2.23. The van der Waals surface area contributed by atoms with Crippen LogP contribution in [0.2, 0.25) is 0 Å². The van der Waals surface area contributed by atoms with E-state index in [4.69, 9.17) is 0 Å². The third kappa shape index (κ3) is 2.67. The molecule has 2 rings (SSSR count). The van der Waals surface area contributed by atoms with Gasteiger partial charge in [-0.25, -0.2) is 0 Å². The molecule has 0 bridgehead atoms. The summed E-state index contributed by atoms with van der Waals surface area (Å²) < 4.78 is 0. The molecule has 1 aromatic carbocycles. The van der Waals surface area contributed by atoms with Crippen molar-refractivity contribution in [1.29, 1.82) is 0 Å². The monoisotopic (exact) mass is 258 g/mol. The summed E-state index contributed by atoms with van der Waals surface area (Å²) in [6.07, 6.45) is 2.44. The number of rotatable bonds is 4. The van der Waals surface area contributed by atoms with Gasteiger partial charge in [-0.3, -0.25) is 9.59 Å². The molecule has 2 atom stereocenters. The van der Waals surface area contributed by atoms with Gasteiger partial charge >= 0.3 is 0 Å². The molecule has 1 N–H and O–H groups in total. The molecule has 2 amide bonds. The van der Waals surface area contributed by atoms with Gasteiger partial charge in [0.15, 0.2) is 0 Å². The van der Waals surface area contributed by atoms with Gasteiger partial charge in [-0.1, -0.05) is 36.4 Å². The van der Waals surface area contributed by atoms with Gasteiger partial charge in [-0.05, 0) is 18.9 Å². The standard InChI is InChI=1S/C15H18N2O2/c1-3-4-10-17-11(2)14(18)16-13(15(17)19)12-8-6-5-7-9-12/h3,5-9,11,13H,1,4,10H2,2H3,(H,16,18). The van der Waals surface area contributed by atoms with Gasteiger partial charge in [0.1, 0.15) is 12.1 Å². The summed E-state index contributed by atoms with van der Waals surface area (Å²) in [7, 11) is 0. The fraction of sp³-hybridized carbons (Fsp3) is 0.333. The minimum absolute atomic E-state index is 0.0554. The van der Waals surface area contributed by atoms with E-state index in [2.05, 4.69) is 11.9 Å². The molecular weight excluding hydrogens is 240 g/mol. The van der Waals surface area contributed by atoms with Crippen LogP contribution in [0, 0.1) is 0 Å². The van der Waals surface area contributed by atoms with E-state index in [-0.39, 0.29) is 11.8 Å². The molecular formula is C15H18N2O2. The quantitative estimate of drug-likeness (QED) is 0.835. The van der Waals surface area contributed by atoms with Gasteiger partial charge in [0.25, 0.3) is 0 Å². The molecule has 1 aromatic rings. The first-order valence-corrected chi connectivity index (χ1v) is 6.42. The lowest BCUT2D eigenvalue weighted by molar-refractivity contribution is -0.148. The molecule has 100 valence electrons. The number of hydrogen-bond donors (Lipinski definition) is 1. The van der Waals surface area contributed by atoms with Crippen LogP contribution >= 0.6 is 0 Å². The van der Waals surface area contributed by atoms with Crippen LogP contribution in [0.3, 0.4) is 0 Å². The first kappa shape index (κ1) is 13.3. The summed E-state index contributed by atoms with van der Waals surface area (Å²) in [4.78, 5) is 26.1. The molecule has 0 aromatic heterocycles. The highest BCUT2D eigenvalue weighted by Crippen LogP contribution is 2.22. The molecule has 0 aliphatic carbocycles. The number of piperazine rings is 1. The lowest BCUT2D eigenvalue weighted by atomic mass is 10.0. The largest absolute Gasteiger partial charge is 0.339 e. The molecule has 1 aliphatic rings. The van der Waals surface area contributed by atoms with Crippen LogP contribution in [-0.4, -0.2) is 29.3 Å². The van der Waals surface area contributed by atoms with Crippen molar-refractivity contribution < 1.29 is 9.59 Å². The molecule has 0 radical (unpaired) electrons. The lowest BCUT2D eigenvalue weighted by Gasteiger charge is -2.37. The Kier molecular flexibility index (Phi) is 4.00. The van der Waals surface area contributed by atoms with E-state index in [0.29, 0.717) is 13.0 Å². The highest BCUT2D eigenvalue weighted by atomic mass is 16.2. The van der Waals surface area contributed by atoms with E-state index in [1.807, 2.05) is 30.3 Å². The van der Waals surface area contributed by atoms with E-state index in [9.17, 15) is 9.59 Å². The van der Waals surface area contributed by atoms with Crippen LogP contribution in [0.15, 0.2) is 43.0 Å². The molecule has 1 aliphatic heterocycles. The van der Waals surface area contributed by atoms with Crippen LogP contribution in [-0.2, 0) is 9.59 Å². The topological polar surface area (TPSA) is 49.4 Å². The Hall–Kier alpha value is -2.10. The molecule has 0 spiro atoms. The second-order valence-electron chi connectivity index (χ2n) is 4.64. The third-order valence-electron chi connectivity index (χ3n) is 3.37. The van der Waals surface area contributed by atoms with Crippen LogP contribution in [0.4, 0.5) is 0 Å². The smallest absolute Gasteiger partial charge is 0.250 e. The summed E-state index contributed by atoms with van der Waals surface area (Å²) in [6.45, 7) is 5.93. The number of hydrogen-bond acceptors (Lipinski definition) is 2. The average molecular weight is 258 g/mol. The van der Waals surface area contributed by atoms with Gasteiger partial charge in [-0.15, -0.1) is 6.58 Å². The predicted molar refractivity (Wildman–Crippen MR) is 73.3 cm³/mol. The number of carbonyl (C=O) groups is 2. The molecule has 2 unspecified atom stereocenters. The SMILES string of the molecule is C=CCCN1C(=O)C(c2ccccc2)NC(=O)C1C. The Balaban J connectivity index is 2.24. The molecule has 1 fully saturated rings. The zero-order chi connectivity index (χ0) is 13.8. The zero-order valence-electron chi connectivity index (χ0n) is 11.0. The van der Waals surface area contributed by atoms with Crippen molar-refractivity contribution in [3.05, 3.63) is 48.6 Å². The van der Waals surface area contributed by atoms with Gasteiger partial charge < -0.3 is 10.2 Å². The molecule has 4 heteroatoms. The van der Waals surface area contributed by atoms with Crippen LogP contribution in [0.5, 0.6) is 0 Å². The Morgan fingerprint density at radius 3 is 2.63 bits per heavy atom. The minimum atomic E-state index is -0.574. The molecule has 4 nitrogen and oxygen atoms in total. The summed E-state index contributed by atoms with van der Waals surface area (Å²) >= 11 is 0. The van der Waals surface area contributed by atoms with Gasteiger partial charge in [0.05, 0.1) is 0 Å². The highest BCUT2D eigenvalue weighted by molar-refractivity contribution is 5.97. The Morgan fingerprint density at radius 2 is 2.00 bits per heavy atom. The van der Waals surface area contributed by atoms with Gasteiger partial charge in [0.2, 0.25) is 11.8 Å². The second-order valence-corrected chi connectivity index (χ2v) is 4.64. The molecule has 1 heterocycles. The molecule has 1 saturated heterocycles. The maximum atomic E-state index is 12.5. The van der Waals surface area contributed by atoms with E-state index >= 15 is 0 Å². The van der Waals surface area contributed by atoms with Crippen molar-refractivity contribution in [3.63, 3.8) is 0 Å². The highest BCUT2D eigenvalue weighted by Gasteiger charge is 2.38. The number of amides is 2. The summed E-state index contributed by atoms with van der Waals surface area (Å²) in [6, 6.07) is 8.31. The Bertz CT molecular complexity index is 484. The number of carbonyl (C=O) groups excluding carboxylic acids is 2. The van der Waals surface area contributed by atoms with E-state index in [1.54, 1.807) is 17.9 Å². The Labute approximate surface area is 113 Å². The summed E-state index contributed by atoms with van der Waals surface area (Å²) in [5, 5.41) is 2.78. The summed E-state index contributed by atoms with van der Waals surface area (Å²) in [5.41, 5.74) is 0.816. The summed E-state index contributed by atoms with van der Waals surface area (Å²) in [5.74, 6) is -0.169. The second kappa shape index (κ2) is 5.69. The van der Waals surface area contributed by atoms with Crippen molar-refractivity contribution in [2.45, 2.75) is 25.4 Å². The predicted octanol–water partition coefficient (Wildman–Crippen LogP) is 1.65. The van der Waals surface area contributed by atoms with Crippen molar-refractivity contribution >= 4 is 11.8 Å². The molecule has 0 saturated carbocycles. The number of benzene rings is 1. The van der Waals surface area contributed by atoms with Crippen molar-refractivity contribution in [3.8, 4) is 0 Å². The lowest BCUT2D eigenvalue weighted by Crippen LogP contribution is -2.58.